The molecule has 0 saturated heterocycles. The van der Waals surface area contributed by atoms with Crippen LogP contribution >= 0.6 is 0 Å². The van der Waals surface area contributed by atoms with E-state index in [9.17, 15) is 13.2 Å². The summed E-state index contributed by atoms with van der Waals surface area (Å²) in [5, 5.41) is 5.73. The summed E-state index contributed by atoms with van der Waals surface area (Å²) in [4.78, 5) is 10.8. The van der Waals surface area contributed by atoms with Crippen molar-refractivity contribution >= 4 is 21.6 Å². The molecule has 106 valence electrons. The molecule has 0 aromatic heterocycles. The molecule has 1 amide bonds. The summed E-state index contributed by atoms with van der Waals surface area (Å²) < 4.78 is 24.6. The molecule has 0 bridgehead atoms. The summed E-state index contributed by atoms with van der Waals surface area (Å²) in [6.07, 6.45) is 0. The van der Waals surface area contributed by atoms with E-state index >= 15 is 0 Å². The third kappa shape index (κ3) is 6.32. The van der Waals surface area contributed by atoms with E-state index in [1.807, 2.05) is 24.3 Å². The molecule has 0 atom stereocenters. The van der Waals surface area contributed by atoms with Crippen LogP contribution in [-0.4, -0.2) is 33.7 Å². The number of carbonyl (C=O) groups is 1. The highest BCUT2D eigenvalue weighted by molar-refractivity contribution is 7.89. The number of carbonyl (C=O) groups excluding carboxylic acids is 1. The quantitative estimate of drug-likeness (QED) is 0.628. The van der Waals surface area contributed by atoms with E-state index in [1.165, 1.54) is 14.0 Å². The van der Waals surface area contributed by atoms with Crippen LogP contribution in [0.5, 0.6) is 0 Å². The molecule has 0 fully saturated rings. The fourth-order valence-electron chi connectivity index (χ4n) is 1.45. The minimum atomic E-state index is -3.15. The molecule has 7 heteroatoms. The minimum Gasteiger partial charge on any atom is -0.326 e. The zero-order valence-corrected chi connectivity index (χ0v) is 11.9. The van der Waals surface area contributed by atoms with E-state index in [-0.39, 0.29) is 11.7 Å². The van der Waals surface area contributed by atoms with E-state index in [4.69, 9.17) is 0 Å². The summed E-state index contributed by atoms with van der Waals surface area (Å²) in [6.45, 7) is 2.42. The molecule has 0 heterocycles. The number of benzene rings is 1. The lowest BCUT2D eigenvalue weighted by atomic mass is 10.2. The zero-order valence-electron chi connectivity index (χ0n) is 11.1. The number of hydrogen-bond acceptors (Lipinski definition) is 4. The Morgan fingerprint density at radius 3 is 2.37 bits per heavy atom. The molecule has 1 aromatic carbocycles. The first-order valence-corrected chi connectivity index (χ1v) is 7.56. The molecule has 0 aliphatic heterocycles. The average Bonchev–Trinajstić information content (AvgIpc) is 2.36. The molecular formula is C12H19N3O3S. The molecule has 6 nitrogen and oxygen atoms in total. The van der Waals surface area contributed by atoms with Gasteiger partial charge in [0.2, 0.25) is 15.9 Å². The van der Waals surface area contributed by atoms with Gasteiger partial charge >= 0.3 is 0 Å². The topological polar surface area (TPSA) is 87.3 Å². The van der Waals surface area contributed by atoms with Crippen molar-refractivity contribution in [1.29, 1.82) is 0 Å². The summed E-state index contributed by atoms with van der Waals surface area (Å²) in [5.41, 5.74) is 1.77. The Hall–Kier alpha value is -1.44. The number of rotatable bonds is 7. The molecule has 3 N–H and O–H groups in total. The van der Waals surface area contributed by atoms with Crippen LogP contribution in [0.25, 0.3) is 0 Å². The maximum atomic E-state index is 11.2. The number of nitrogens with one attached hydrogen (secondary N) is 3. The first kappa shape index (κ1) is 15.6. The second kappa shape index (κ2) is 7.22. The lowest BCUT2D eigenvalue weighted by molar-refractivity contribution is -0.114. The van der Waals surface area contributed by atoms with Crippen LogP contribution in [0.2, 0.25) is 0 Å². The van der Waals surface area contributed by atoms with Gasteiger partial charge in [0, 0.05) is 25.7 Å². The number of sulfonamides is 1. The zero-order chi connectivity index (χ0) is 14.3. The van der Waals surface area contributed by atoms with Crippen LogP contribution in [0.3, 0.4) is 0 Å². The largest absolute Gasteiger partial charge is 0.326 e. The predicted octanol–water partition coefficient (Wildman–Crippen LogP) is 0.284. The first-order valence-electron chi connectivity index (χ1n) is 5.91. The molecule has 0 aliphatic rings. The summed E-state index contributed by atoms with van der Waals surface area (Å²) >= 11 is 0. The van der Waals surface area contributed by atoms with Crippen LogP contribution in [-0.2, 0) is 21.4 Å². The lowest BCUT2D eigenvalue weighted by Gasteiger charge is -2.07. The fraction of sp³-hybridized carbons (Fsp3) is 0.417. The normalized spacial score (nSPS) is 11.3. The lowest BCUT2D eigenvalue weighted by Crippen LogP contribution is -2.29. The highest BCUT2D eigenvalue weighted by Gasteiger charge is 2.05. The Kier molecular flexibility index (Phi) is 5.94. The Bertz CT molecular complexity index is 512. The van der Waals surface area contributed by atoms with Gasteiger partial charge < -0.3 is 10.6 Å². The Morgan fingerprint density at radius 1 is 1.21 bits per heavy atom. The van der Waals surface area contributed by atoms with E-state index in [2.05, 4.69) is 15.4 Å². The molecule has 0 spiro atoms. The molecule has 0 radical (unpaired) electrons. The Balaban J connectivity index is 2.36. The monoisotopic (exact) mass is 285 g/mol. The smallest absolute Gasteiger partial charge is 0.221 e. The second-order valence-corrected chi connectivity index (χ2v) is 6.12. The van der Waals surface area contributed by atoms with Crippen molar-refractivity contribution in [3.05, 3.63) is 29.8 Å². The van der Waals surface area contributed by atoms with Crippen molar-refractivity contribution in [2.24, 2.45) is 0 Å². The van der Waals surface area contributed by atoms with Gasteiger partial charge in [-0.2, -0.15) is 0 Å². The van der Waals surface area contributed by atoms with Gasteiger partial charge in [0.15, 0.2) is 0 Å². The number of anilines is 1. The first-order chi connectivity index (χ1) is 8.93. The van der Waals surface area contributed by atoms with Gasteiger partial charge in [-0.15, -0.1) is 0 Å². The van der Waals surface area contributed by atoms with Crippen LogP contribution in [0.4, 0.5) is 5.69 Å². The minimum absolute atomic E-state index is 0.0491. The molecule has 1 aromatic rings. The summed E-state index contributed by atoms with van der Waals surface area (Å²) in [6, 6.07) is 7.38. The molecule has 1 rings (SSSR count). The third-order valence-electron chi connectivity index (χ3n) is 2.46. The number of hydrogen-bond donors (Lipinski definition) is 3. The van der Waals surface area contributed by atoms with Crippen molar-refractivity contribution in [2.45, 2.75) is 13.5 Å². The highest BCUT2D eigenvalue weighted by atomic mass is 32.2. The van der Waals surface area contributed by atoms with Gasteiger partial charge in [0.1, 0.15) is 0 Å². The highest BCUT2D eigenvalue weighted by Crippen LogP contribution is 2.09. The van der Waals surface area contributed by atoms with Crippen molar-refractivity contribution in [2.75, 3.05) is 24.7 Å². The maximum absolute atomic E-state index is 11.2. The second-order valence-electron chi connectivity index (χ2n) is 4.08. The van der Waals surface area contributed by atoms with E-state index in [0.717, 1.165) is 11.3 Å². The van der Waals surface area contributed by atoms with E-state index < -0.39 is 10.0 Å². The Labute approximate surface area is 113 Å². The molecule has 0 aliphatic carbocycles. The third-order valence-corrected chi connectivity index (χ3v) is 3.83. The van der Waals surface area contributed by atoms with Crippen molar-refractivity contribution < 1.29 is 13.2 Å². The Morgan fingerprint density at radius 2 is 1.84 bits per heavy atom. The standard InChI is InChI=1S/C12H19N3O3S/c1-10(16)15-12-5-3-11(4-6-12)9-14-7-8-19(17,18)13-2/h3-6,13-14H,7-9H2,1-2H3,(H,15,16). The summed E-state index contributed by atoms with van der Waals surface area (Å²) in [7, 11) is -1.76. The van der Waals surface area contributed by atoms with Crippen molar-refractivity contribution in [1.82, 2.24) is 10.0 Å². The fourth-order valence-corrected chi connectivity index (χ4v) is 2.07. The van der Waals surface area contributed by atoms with Crippen LogP contribution in [0.15, 0.2) is 24.3 Å². The van der Waals surface area contributed by atoms with Crippen LogP contribution < -0.4 is 15.4 Å². The van der Waals surface area contributed by atoms with Gasteiger partial charge in [-0.25, -0.2) is 13.1 Å². The van der Waals surface area contributed by atoms with Crippen molar-refractivity contribution in [3.63, 3.8) is 0 Å². The van der Waals surface area contributed by atoms with Gasteiger partial charge in [-0.05, 0) is 24.7 Å². The van der Waals surface area contributed by atoms with Gasteiger partial charge in [0.05, 0.1) is 5.75 Å². The van der Waals surface area contributed by atoms with Crippen LogP contribution in [0.1, 0.15) is 12.5 Å². The predicted molar refractivity (Wildman–Crippen MR) is 75.3 cm³/mol. The average molecular weight is 285 g/mol. The SMILES string of the molecule is CNS(=O)(=O)CCNCc1ccc(NC(C)=O)cc1. The van der Waals surface area contributed by atoms with Gasteiger partial charge in [-0.3, -0.25) is 4.79 Å². The molecule has 19 heavy (non-hydrogen) atoms. The van der Waals surface area contributed by atoms with Crippen molar-refractivity contribution in [3.8, 4) is 0 Å². The van der Waals surface area contributed by atoms with E-state index in [1.54, 1.807) is 0 Å². The van der Waals surface area contributed by atoms with E-state index in [0.29, 0.717) is 13.1 Å². The van der Waals surface area contributed by atoms with Crippen LogP contribution in [0, 0.1) is 0 Å². The molecular weight excluding hydrogens is 266 g/mol. The molecule has 0 saturated carbocycles. The van der Waals surface area contributed by atoms with Gasteiger partial charge in [-0.1, -0.05) is 12.1 Å². The summed E-state index contributed by atoms with van der Waals surface area (Å²) in [5.74, 6) is -0.0591. The maximum Gasteiger partial charge on any atom is 0.221 e. The van der Waals surface area contributed by atoms with Gasteiger partial charge in [0.25, 0.3) is 0 Å². The molecule has 0 unspecified atom stereocenters. The number of amides is 1.